The lowest BCUT2D eigenvalue weighted by Crippen LogP contribution is -2.23. The predicted octanol–water partition coefficient (Wildman–Crippen LogP) is 2.32. The maximum atomic E-state index is 12.3. The summed E-state index contributed by atoms with van der Waals surface area (Å²) in [6, 6.07) is 11.7. The molecule has 1 aromatic heterocycles. The van der Waals surface area contributed by atoms with E-state index in [0.29, 0.717) is 16.3 Å². The van der Waals surface area contributed by atoms with E-state index in [-0.39, 0.29) is 10.8 Å². The minimum Gasteiger partial charge on any atom is -0.325 e. The quantitative estimate of drug-likeness (QED) is 0.759. The van der Waals surface area contributed by atoms with Gasteiger partial charge in [-0.05, 0) is 37.3 Å². The number of rotatable bonds is 6. The molecule has 1 aromatic carbocycles. The van der Waals surface area contributed by atoms with Crippen LogP contribution in [0.5, 0.6) is 0 Å². The van der Waals surface area contributed by atoms with Crippen molar-refractivity contribution >= 4 is 33.4 Å². The molecule has 9 heteroatoms. The Hall–Kier alpha value is -2.41. The maximum Gasteiger partial charge on any atom is 0.244 e. The number of amides is 1. The van der Waals surface area contributed by atoms with Gasteiger partial charge in [-0.1, -0.05) is 17.8 Å². The second-order valence-corrected chi connectivity index (χ2v) is 9.07. The van der Waals surface area contributed by atoms with Crippen molar-refractivity contribution in [2.24, 2.45) is 0 Å². The van der Waals surface area contributed by atoms with Crippen LogP contribution >= 0.6 is 11.8 Å². The van der Waals surface area contributed by atoms with Crippen molar-refractivity contribution in [3.8, 4) is 6.07 Å². The second kappa shape index (κ2) is 8.31. The van der Waals surface area contributed by atoms with Crippen molar-refractivity contribution in [2.75, 3.05) is 19.4 Å². The summed E-state index contributed by atoms with van der Waals surface area (Å²) in [5.74, 6) is -0.239. The molecule has 136 valence electrons. The SMILES string of the molecule is C[C@@H](Sc1ccc(S(=O)(=O)N(C)C)cn1)C(=O)Nc1cccc(C#N)c1. The lowest BCUT2D eigenvalue weighted by atomic mass is 10.2. The first-order valence-corrected chi connectivity index (χ1v) is 9.92. The van der Waals surface area contributed by atoms with Gasteiger partial charge in [-0.3, -0.25) is 4.79 Å². The highest BCUT2D eigenvalue weighted by Gasteiger charge is 2.19. The molecule has 1 heterocycles. The fourth-order valence-corrected chi connectivity index (χ4v) is 3.58. The van der Waals surface area contributed by atoms with Crippen molar-refractivity contribution in [1.29, 1.82) is 5.26 Å². The number of pyridine rings is 1. The highest BCUT2D eigenvalue weighted by Crippen LogP contribution is 2.24. The summed E-state index contributed by atoms with van der Waals surface area (Å²) in [5.41, 5.74) is 1.00. The molecule has 0 aliphatic carbocycles. The van der Waals surface area contributed by atoms with Gasteiger partial charge in [-0.25, -0.2) is 17.7 Å². The molecule has 0 unspecified atom stereocenters. The largest absolute Gasteiger partial charge is 0.325 e. The van der Waals surface area contributed by atoms with E-state index in [1.807, 2.05) is 6.07 Å². The van der Waals surface area contributed by atoms with E-state index in [4.69, 9.17) is 5.26 Å². The van der Waals surface area contributed by atoms with E-state index >= 15 is 0 Å². The third-order valence-corrected chi connectivity index (χ3v) is 6.26. The van der Waals surface area contributed by atoms with Crippen LogP contribution in [0, 0.1) is 11.3 Å². The predicted molar refractivity (Wildman–Crippen MR) is 100 cm³/mol. The highest BCUT2D eigenvalue weighted by atomic mass is 32.2. The Labute approximate surface area is 157 Å². The molecule has 26 heavy (non-hydrogen) atoms. The molecule has 0 aliphatic rings. The Morgan fingerprint density at radius 3 is 2.62 bits per heavy atom. The van der Waals surface area contributed by atoms with Crippen LogP contribution in [0.4, 0.5) is 5.69 Å². The third-order valence-electron chi connectivity index (χ3n) is 3.41. The number of sulfonamides is 1. The normalized spacial score (nSPS) is 12.4. The number of thioether (sulfide) groups is 1. The summed E-state index contributed by atoms with van der Waals surface area (Å²) in [7, 11) is -0.630. The van der Waals surface area contributed by atoms with Crippen LogP contribution in [-0.4, -0.2) is 43.0 Å². The first-order chi connectivity index (χ1) is 12.2. The van der Waals surface area contributed by atoms with Gasteiger partial charge in [-0.15, -0.1) is 0 Å². The number of nitrogens with zero attached hydrogens (tertiary/aromatic N) is 3. The van der Waals surface area contributed by atoms with Crippen molar-refractivity contribution in [3.63, 3.8) is 0 Å². The Bertz CT molecular complexity index is 935. The molecule has 1 amide bonds. The van der Waals surface area contributed by atoms with Gasteiger partial charge in [0.05, 0.1) is 21.9 Å². The number of nitrogens with one attached hydrogen (secondary N) is 1. The molecular weight excluding hydrogens is 372 g/mol. The summed E-state index contributed by atoms with van der Waals surface area (Å²) >= 11 is 1.21. The van der Waals surface area contributed by atoms with Crippen LogP contribution in [0.2, 0.25) is 0 Å². The molecule has 2 rings (SSSR count). The fourth-order valence-electron chi connectivity index (χ4n) is 1.94. The standard InChI is InChI=1S/C17H18N4O3S2/c1-12(17(22)20-14-6-4-5-13(9-14)10-18)25-16-8-7-15(11-19-16)26(23,24)21(2)3/h4-9,11-12H,1-3H3,(H,20,22)/t12-/m1/s1. The van der Waals surface area contributed by atoms with Crippen molar-refractivity contribution in [2.45, 2.75) is 22.1 Å². The molecule has 0 saturated heterocycles. The highest BCUT2D eigenvalue weighted by molar-refractivity contribution is 8.00. The van der Waals surface area contributed by atoms with E-state index in [2.05, 4.69) is 10.3 Å². The van der Waals surface area contributed by atoms with E-state index in [1.54, 1.807) is 37.3 Å². The molecule has 0 spiro atoms. The van der Waals surface area contributed by atoms with Crippen LogP contribution in [0.1, 0.15) is 12.5 Å². The van der Waals surface area contributed by atoms with Crippen molar-refractivity contribution < 1.29 is 13.2 Å². The van der Waals surface area contributed by atoms with Crippen LogP contribution < -0.4 is 5.32 Å². The zero-order valence-electron chi connectivity index (χ0n) is 14.5. The monoisotopic (exact) mass is 390 g/mol. The van der Waals surface area contributed by atoms with E-state index < -0.39 is 15.3 Å². The summed E-state index contributed by atoms with van der Waals surface area (Å²) in [5, 5.41) is 11.7. The lowest BCUT2D eigenvalue weighted by molar-refractivity contribution is -0.115. The first kappa shape index (κ1) is 19.9. The zero-order valence-corrected chi connectivity index (χ0v) is 16.1. The summed E-state index contributed by atoms with van der Waals surface area (Å²) < 4.78 is 25.2. The third kappa shape index (κ3) is 4.82. The molecular formula is C17H18N4O3S2. The first-order valence-electron chi connectivity index (χ1n) is 7.60. The van der Waals surface area contributed by atoms with Crippen molar-refractivity contribution in [1.82, 2.24) is 9.29 Å². The number of benzene rings is 1. The molecule has 0 bridgehead atoms. The lowest BCUT2D eigenvalue weighted by Gasteiger charge is -2.13. The van der Waals surface area contributed by atoms with Gasteiger partial charge < -0.3 is 5.32 Å². The van der Waals surface area contributed by atoms with Gasteiger partial charge in [0, 0.05) is 26.0 Å². The van der Waals surface area contributed by atoms with Crippen LogP contribution in [0.3, 0.4) is 0 Å². The Morgan fingerprint density at radius 2 is 2.04 bits per heavy atom. The molecule has 0 aliphatic heterocycles. The topological polar surface area (TPSA) is 103 Å². The number of carbonyl (C=O) groups excluding carboxylic acids is 1. The number of carbonyl (C=O) groups is 1. The molecule has 1 N–H and O–H groups in total. The number of hydrogen-bond donors (Lipinski definition) is 1. The van der Waals surface area contributed by atoms with E-state index in [1.165, 1.54) is 38.1 Å². The average Bonchev–Trinajstić information content (AvgIpc) is 2.62. The second-order valence-electron chi connectivity index (χ2n) is 5.56. The summed E-state index contributed by atoms with van der Waals surface area (Å²) in [6.07, 6.45) is 1.28. The van der Waals surface area contributed by atoms with E-state index in [9.17, 15) is 13.2 Å². The maximum absolute atomic E-state index is 12.3. The Morgan fingerprint density at radius 1 is 1.31 bits per heavy atom. The smallest absolute Gasteiger partial charge is 0.244 e. The molecule has 2 aromatic rings. The van der Waals surface area contributed by atoms with Gasteiger partial charge in [0.1, 0.15) is 4.90 Å². The van der Waals surface area contributed by atoms with Crippen molar-refractivity contribution in [3.05, 3.63) is 48.2 Å². The molecule has 7 nitrogen and oxygen atoms in total. The van der Waals surface area contributed by atoms with E-state index in [0.717, 1.165) is 4.31 Å². The fraction of sp³-hybridized carbons (Fsp3) is 0.235. The number of hydrogen-bond acceptors (Lipinski definition) is 6. The number of anilines is 1. The zero-order chi connectivity index (χ0) is 19.3. The van der Waals surface area contributed by atoms with Gasteiger partial charge >= 0.3 is 0 Å². The summed E-state index contributed by atoms with van der Waals surface area (Å²) in [4.78, 5) is 16.5. The van der Waals surface area contributed by atoms with Gasteiger partial charge in [0.15, 0.2) is 0 Å². The Kier molecular flexibility index (Phi) is 6.37. The number of aromatic nitrogens is 1. The number of nitriles is 1. The minimum absolute atomic E-state index is 0.0947. The summed E-state index contributed by atoms with van der Waals surface area (Å²) in [6.45, 7) is 1.72. The van der Waals surface area contributed by atoms with Crippen LogP contribution in [0.15, 0.2) is 52.5 Å². The van der Waals surface area contributed by atoms with Gasteiger partial charge in [0.25, 0.3) is 0 Å². The van der Waals surface area contributed by atoms with Crippen LogP contribution in [-0.2, 0) is 14.8 Å². The average molecular weight is 390 g/mol. The van der Waals surface area contributed by atoms with Gasteiger partial charge in [-0.2, -0.15) is 5.26 Å². The van der Waals surface area contributed by atoms with Crippen LogP contribution in [0.25, 0.3) is 0 Å². The molecule has 0 saturated carbocycles. The minimum atomic E-state index is -3.53. The van der Waals surface area contributed by atoms with Gasteiger partial charge in [0.2, 0.25) is 15.9 Å². The molecule has 1 atom stereocenters. The Balaban J connectivity index is 2.04. The molecule has 0 fully saturated rings. The molecule has 0 radical (unpaired) electrons.